The van der Waals surface area contributed by atoms with Gasteiger partial charge in [0.05, 0.1) is 6.61 Å². The number of methoxy groups -OCH3 is 1. The van der Waals surface area contributed by atoms with Crippen molar-refractivity contribution < 1.29 is 18.8 Å². The molecule has 0 unspecified atom stereocenters. The minimum absolute atomic E-state index is 0.255. The van der Waals surface area contributed by atoms with Gasteiger partial charge in [0.25, 0.3) is 0 Å². The summed E-state index contributed by atoms with van der Waals surface area (Å²) in [6.07, 6.45) is 4.43. The first kappa shape index (κ1) is 15.9. The van der Waals surface area contributed by atoms with Crippen LogP contribution in [-0.4, -0.2) is 29.8 Å². The molecule has 21 heavy (non-hydrogen) atoms. The number of nitrogens with zero attached hydrogens (tertiary/aromatic N) is 2. The molecule has 0 radical (unpaired) electrons. The van der Waals surface area contributed by atoms with E-state index in [1.807, 2.05) is 20.8 Å². The Bertz CT molecular complexity index is 490. The Balaban J connectivity index is 2.36. The Morgan fingerprint density at radius 3 is 2.57 bits per heavy atom. The Morgan fingerprint density at radius 2 is 2.00 bits per heavy atom. The van der Waals surface area contributed by atoms with Crippen LogP contribution < -0.4 is 0 Å². The summed E-state index contributed by atoms with van der Waals surface area (Å²) in [7, 11) is 1.59. The lowest BCUT2D eigenvalue weighted by molar-refractivity contribution is -0.152. The Hall–Kier alpha value is -1.43. The molecule has 1 fully saturated rings. The van der Waals surface area contributed by atoms with Crippen LogP contribution in [0.3, 0.4) is 0 Å². The normalized spacial score (nSPS) is 18.5. The lowest BCUT2D eigenvalue weighted by Crippen LogP contribution is -2.40. The van der Waals surface area contributed by atoms with Gasteiger partial charge in [-0.2, -0.15) is 4.98 Å². The van der Waals surface area contributed by atoms with E-state index in [0.717, 1.165) is 19.3 Å². The molecule has 0 spiro atoms. The number of carbonyl (C=O) groups excluding carboxylic acids is 1. The van der Waals surface area contributed by atoms with Gasteiger partial charge in [0.2, 0.25) is 11.7 Å². The van der Waals surface area contributed by atoms with Crippen molar-refractivity contribution in [2.24, 2.45) is 0 Å². The van der Waals surface area contributed by atoms with Crippen molar-refractivity contribution in [2.75, 3.05) is 13.7 Å². The van der Waals surface area contributed by atoms with Gasteiger partial charge < -0.3 is 14.0 Å². The number of hydrogen-bond donors (Lipinski definition) is 0. The Kier molecular flexibility index (Phi) is 4.66. The maximum atomic E-state index is 12.5. The number of hydrogen-bond acceptors (Lipinski definition) is 6. The SMILES string of the molecule is CCOC(=O)C1(c2nc(C(C)(C)OC)no2)CCCCC1. The number of rotatable bonds is 5. The summed E-state index contributed by atoms with van der Waals surface area (Å²) >= 11 is 0. The second-order valence-corrected chi connectivity index (χ2v) is 6.00. The highest BCUT2D eigenvalue weighted by molar-refractivity contribution is 5.82. The molecule has 0 saturated heterocycles. The van der Waals surface area contributed by atoms with E-state index in [-0.39, 0.29) is 5.97 Å². The first-order valence-electron chi connectivity index (χ1n) is 7.53. The van der Waals surface area contributed by atoms with Gasteiger partial charge >= 0.3 is 5.97 Å². The van der Waals surface area contributed by atoms with Crippen molar-refractivity contribution >= 4 is 5.97 Å². The van der Waals surface area contributed by atoms with Crippen LogP contribution in [0.2, 0.25) is 0 Å². The summed E-state index contributed by atoms with van der Waals surface area (Å²) in [6, 6.07) is 0. The number of carbonyl (C=O) groups is 1. The lowest BCUT2D eigenvalue weighted by atomic mass is 9.74. The van der Waals surface area contributed by atoms with Crippen LogP contribution in [0.25, 0.3) is 0 Å². The van der Waals surface area contributed by atoms with Gasteiger partial charge in [-0.05, 0) is 33.6 Å². The van der Waals surface area contributed by atoms with Gasteiger partial charge in [0.15, 0.2) is 0 Å². The van der Waals surface area contributed by atoms with Crippen molar-refractivity contribution in [1.82, 2.24) is 10.1 Å². The summed E-state index contributed by atoms with van der Waals surface area (Å²) in [5.74, 6) is 0.560. The largest absolute Gasteiger partial charge is 0.465 e. The molecule has 0 bridgehead atoms. The van der Waals surface area contributed by atoms with Gasteiger partial charge in [0.1, 0.15) is 11.0 Å². The summed E-state index contributed by atoms with van der Waals surface area (Å²) in [4.78, 5) is 16.9. The predicted molar refractivity (Wildman–Crippen MR) is 75.7 cm³/mol. The first-order valence-corrected chi connectivity index (χ1v) is 7.53. The van der Waals surface area contributed by atoms with Crippen LogP contribution in [0.5, 0.6) is 0 Å². The van der Waals surface area contributed by atoms with E-state index >= 15 is 0 Å². The van der Waals surface area contributed by atoms with E-state index in [0.29, 0.717) is 31.2 Å². The molecule has 0 atom stereocenters. The zero-order valence-corrected chi connectivity index (χ0v) is 13.3. The first-order chi connectivity index (χ1) is 9.96. The van der Waals surface area contributed by atoms with Crippen molar-refractivity contribution in [3.05, 3.63) is 11.7 Å². The maximum Gasteiger partial charge on any atom is 0.321 e. The summed E-state index contributed by atoms with van der Waals surface area (Å²) in [5.41, 5.74) is -1.43. The molecular formula is C15H24N2O4. The lowest BCUT2D eigenvalue weighted by Gasteiger charge is -2.31. The zero-order chi connectivity index (χ0) is 15.5. The van der Waals surface area contributed by atoms with Crippen LogP contribution in [-0.2, 0) is 25.3 Å². The van der Waals surface area contributed by atoms with Crippen molar-refractivity contribution in [1.29, 1.82) is 0 Å². The standard InChI is InChI=1S/C15H24N2O4/c1-5-20-13(18)15(9-7-6-8-10-15)12-16-11(17-21-12)14(2,3)19-4/h5-10H2,1-4H3. The molecule has 6 heteroatoms. The molecule has 1 aliphatic rings. The molecule has 1 aromatic rings. The fraction of sp³-hybridized carbons (Fsp3) is 0.800. The maximum absolute atomic E-state index is 12.5. The predicted octanol–water partition coefficient (Wildman–Crippen LogP) is 2.72. The van der Waals surface area contributed by atoms with Crippen molar-refractivity contribution in [3.63, 3.8) is 0 Å². The third-order valence-electron chi connectivity index (χ3n) is 4.26. The third-order valence-corrected chi connectivity index (χ3v) is 4.26. The fourth-order valence-corrected chi connectivity index (χ4v) is 2.68. The molecule has 6 nitrogen and oxygen atoms in total. The molecule has 1 aliphatic carbocycles. The van der Waals surface area contributed by atoms with Crippen LogP contribution in [0.1, 0.15) is 64.6 Å². The van der Waals surface area contributed by atoms with Gasteiger partial charge in [-0.1, -0.05) is 24.4 Å². The van der Waals surface area contributed by atoms with E-state index in [2.05, 4.69) is 10.1 Å². The van der Waals surface area contributed by atoms with Crippen LogP contribution in [0.4, 0.5) is 0 Å². The van der Waals surface area contributed by atoms with Crippen molar-refractivity contribution in [2.45, 2.75) is 63.9 Å². The summed E-state index contributed by atoms with van der Waals surface area (Å²) < 4.78 is 16.0. The van der Waals surface area contributed by atoms with Gasteiger partial charge in [0, 0.05) is 7.11 Å². The monoisotopic (exact) mass is 296 g/mol. The second-order valence-electron chi connectivity index (χ2n) is 6.00. The molecule has 1 aromatic heterocycles. The van der Waals surface area contributed by atoms with E-state index in [9.17, 15) is 4.79 Å². The van der Waals surface area contributed by atoms with Crippen molar-refractivity contribution in [3.8, 4) is 0 Å². The summed E-state index contributed by atoms with van der Waals surface area (Å²) in [6.45, 7) is 5.88. The summed E-state index contributed by atoms with van der Waals surface area (Å²) in [5, 5.41) is 4.00. The quantitative estimate of drug-likeness (QED) is 0.778. The van der Waals surface area contributed by atoms with Gasteiger partial charge in [-0.3, -0.25) is 4.79 Å². The average molecular weight is 296 g/mol. The minimum atomic E-state index is -0.788. The van der Waals surface area contributed by atoms with Crippen LogP contribution in [0, 0.1) is 0 Å². The fourth-order valence-electron chi connectivity index (χ4n) is 2.68. The topological polar surface area (TPSA) is 74.5 Å². The molecule has 0 aromatic carbocycles. The van der Waals surface area contributed by atoms with Gasteiger partial charge in [-0.25, -0.2) is 0 Å². The molecule has 2 rings (SSSR count). The van der Waals surface area contributed by atoms with E-state index in [1.54, 1.807) is 7.11 Å². The number of esters is 1. The van der Waals surface area contributed by atoms with E-state index in [4.69, 9.17) is 14.0 Å². The molecule has 0 aliphatic heterocycles. The highest BCUT2D eigenvalue weighted by Crippen LogP contribution is 2.40. The third kappa shape index (κ3) is 2.95. The molecule has 118 valence electrons. The molecule has 1 heterocycles. The molecular weight excluding hydrogens is 272 g/mol. The molecule has 1 saturated carbocycles. The van der Waals surface area contributed by atoms with Crippen LogP contribution in [0.15, 0.2) is 4.52 Å². The minimum Gasteiger partial charge on any atom is -0.465 e. The molecule has 0 amide bonds. The smallest absolute Gasteiger partial charge is 0.321 e. The zero-order valence-electron chi connectivity index (χ0n) is 13.3. The highest BCUT2D eigenvalue weighted by atomic mass is 16.5. The Labute approximate surface area is 125 Å². The van der Waals surface area contributed by atoms with Gasteiger partial charge in [-0.15, -0.1) is 0 Å². The number of ether oxygens (including phenoxy) is 2. The highest BCUT2D eigenvalue weighted by Gasteiger charge is 2.48. The van der Waals surface area contributed by atoms with E-state index in [1.165, 1.54) is 0 Å². The van der Waals surface area contributed by atoms with Crippen LogP contribution >= 0.6 is 0 Å². The second kappa shape index (κ2) is 6.13. The van der Waals surface area contributed by atoms with E-state index < -0.39 is 11.0 Å². The average Bonchev–Trinajstić information content (AvgIpc) is 2.99. The number of aromatic nitrogens is 2. The Morgan fingerprint density at radius 1 is 1.33 bits per heavy atom. The molecule has 0 N–H and O–H groups in total.